The third-order valence-electron chi connectivity index (χ3n) is 9.09. The van der Waals surface area contributed by atoms with E-state index in [0.29, 0.717) is 17.5 Å². The molecule has 0 N–H and O–H groups in total. The highest BCUT2D eigenvalue weighted by molar-refractivity contribution is 6.16. The van der Waals surface area contributed by atoms with Gasteiger partial charge in [0.15, 0.2) is 17.5 Å². The fourth-order valence-corrected chi connectivity index (χ4v) is 6.80. The molecule has 0 unspecified atom stereocenters. The lowest BCUT2D eigenvalue weighted by Crippen LogP contribution is -2.01. The first-order chi connectivity index (χ1) is 24.3. The van der Waals surface area contributed by atoms with Gasteiger partial charge in [0.05, 0.1) is 11.0 Å². The average Bonchev–Trinajstić information content (AvgIpc) is 3.53. The summed E-state index contributed by atoms with van der Waals surface area (Å²) in [5.74, 6) is 1.93. The maximum Gasteiger partial charge on any atom is 0.164 e. The minimum atomic E-state index is 0.639. The number of benzene rings is 7. The van der Waals surface area contributed by atoms with Crippen LogP contribution in [-0.2, 0) is 0 Å². The van der Waals surface area contributed by atoms with Crippen molar-refractivity contribution in [3.8, 4) is 62.1 Å². The number of aromatic nitrogens is 4. The van der Waals surface area contributed by atoms with Gasteiger partial charge in [-0.05, 0) is 46.5 Å². The number of nitrogens with zero attached hydrogens (tertiary/aromatic N) is 4. The van der Waals surface area contributed by atoms with Crippen LogP contribution in [0.25, 0.3) is 83.9 Å². The SMILES string of the molecule is c1ccc(-c2ccc(-n3c4ccccc4c4c(-c5ccccc5-c5nc(-c6ccccc6)nc(-c6ccccc6)n5)cccc43)cc2)cc1. The maximum absolute atomic E-state index is 5.09. The zero-order valence-electron chi connectivity index (χ0n) is 26.6. The maximum atomic E-state index is 5.09. The molecule has 0 saturated heterocycles. The Morgan fingerprint density at radius 2 is 0.776 bits per heavy atom. The molecule has 2 heterocycles. The van der Waals surface area contributed by atoms with Gasteiger partial charge in [0.25, 0.3) is 0 Å². The van der Waals surface area contributed by atoms with Crippen molar-refractivity contribution in [3.05, 3.63) is 182 Å². The van der Waals surface area contributed by atoms with Crippen LogP contribution >= 0.6 is 0 Å². The fraction of sp³-hybridized carbons (Fsp3) is 0. The van der Waals surface area contributed by atoms with Gasteiger partial charge in [-0.3, -0.25) is 0 Å². The second-order valence-electron chi connectivity index (χ2n) is 12.0. The van der Waals surface area contributed by atoms with Crippen molar-refractivity contribution in [2.24, 2.45) is 0 Å². The molecule has 0 atom stereocenters. The van der Waals surface area contributed by atoms with Crippen molar-refractivity contribution >= 4 is 21.8 Å². The zero-order valence-corrected chi connectivity index (χ0v) is 26.6. The summed E-state index contributed by atoms with van der Waals surface area (Å²) in [7, 11) is 0. The van der Waals surface area contributed by atoms with E-state index in [-0.39, 0.29) is 0 Å². The second-order valence-corrected chi connectivity index (χ2v) is 12.0. The Balaban J connectivity index is 1.25. The van der Waals surface area contributed by atoms with Crippen LogP contribution in [0.3, 0.4) is 0 Å². The Morgan fingerprint density at radius 3 is 1.43 bits per heavy atom. The number of hydrogen-bond acceptors (Lipinski definition) is 3. The Labute approximate surface area is 284 Å². The fourth-order valence-electron chi connectivity index (χ4n) is 6.80. The highest BCUT2D eigenvalue weighted by atomic mass is 15.0. The zero-order chi connectivity index (χ0) is 32.6. The summed E-state index contributed by atoms with van der Waals surface area (Å²) in [4.78, 5) is 15.1. The van der Waals surface area contributed by atoms with Crippen molar-refractivity contribution in [3.63, 3.8) is 0 Å². The Bertz CT molecular complexity index is 2520. The summed E-state index contributed by atoms with van der Waals surface area (Å²) in [5, 5.41) is 2.39. The van der Waals surface area contributed by atoms with Gasteiger partial charge >= 0.3 is 0 Å². The molecule has 0 aliphatic rings. The van der Waals surface area contributed by atoms with E-state index in [1.54, 1.807) is 0 Å². The van der Waals surface area contributed by atoms with Gasteiger partial charge in [-0.25, -0.2) is 15.0 Å². The van der Waals surface area contributed by atoms with E-state index in [2.05, 4.69) is 126 Å². The summed E-state index contributed by atoms with van der Waals surface area (Å²) in [5.41, 5.74) is 10.9. The highest BCUT2D eigenvalue weighted by Crippen LogP contribution is 2.41. The lowest BCUT2D eigenvalue weighted by atomic mass is 9.95. The summed E-state index contributed by atoms with van der Waals surface area (Å²) in [6.45, 7) is 0. The van der Waals surface area contributed by atoms with Gasteiger partial charge < -0.3 is 4.57 Å². The first kappa shape index (κ1) is 28.6. The molecule has 0 spiro atoms. The molecule has 0 amide bonds. The van der Waals surface area contributed by atoms with E-state index in [1.165, 1.54) is 21.9 Å². The first-order valence-electron chi connectivity index (χ1n) is 16.5. The van der Waals surface area contributed by atoms with E-state index in [9.17, 15) is 0 Å². The molecular formula is C45H30N4. The van der Waals surface area contributed by atoms with E-state index >= 15 is 0 Å². The molecule has 0 bridgehead atoms. The predicted molar refractivity (Wildman–Crippen MR) is 201 cm³/mol. The monoisotopic (exact) mass is 626 g/mol. The van der Waals surface area contributed by atoms with Crippen LogP contribution in [0.1, 0.15) is 0 Å². The van der Waals surface area contributed by atoms with Crippen LogP contribution < -0.4 is 0 Å². The minimum Gasteiger partial charge on any atom is -0.309 e. The molecule has 9 aromatic rings. The summed E-state index contributed by atoms with van der Waals surface area (Å²) >= 11 is 0. The number of para-hydroxylation sites is 1. The molecule has 0 saturated carbocycles. The molecule has 7 aromatic carbocycles. The van der Waals surface area contributed by atoms with E-state index in [1.807, 2.05) is 60.7 Å². The summed E-state index contributed by atoms with van der Waals surface area (Å²) in [6, 6.07) is 63.3. The summed E-state index contributed by atoms with van der Waals surface area (Å²) < 4.78 is 2.37. The molecule has 2 aromatic heterocycles. The van der Waals surface area contributed by atoms with Crippen molar-refractivity contribution in [2.45, 2.75) is 0 Å². The van der Waals surface area contributed by atoms with Crippen LogP contribution in [0.2, 0.25) is 0 Å². The van der Waals surface area contributed by atoms with Gasteiger partial charge in [0.2, 0.25) is 0 Å². The third kappa shape index (κ3) is 5.16. The van der Waals surface area contributed by atoms with Crippen LogP contribution in [-0.4, -0.2) is 19.5 Å². The van der Waals surface area contributed by atoms with Gasteiger partial charge in [0, 0.05) is 33.2 Å². The third-order valence-corrected chi connectivity index (χ3v) is 9.09. The molecule has 0 fully saturated rings. The van der Waals surface area contributed by atoms with Crippen molar-refractivity contribution < 1.29 is 0 Å². The van der Waals surface area contributed by atoms with Gasteiger partial charge in [-0.1, -0.05) is 158 Å². The Morgan fingerprint density at radius 1 is 0.306 bits per heavy atom. The summed E-state index contributed by atoms with van der Waals surface area (Å²) in [6.07, 6.45) is 0. The van der Waals surface area contributed by atoms with E-state index in [0.717, 1.165) is 44.5 Å². The standard InChI is InChI=1S/C45H30N4/c1-4-15-31(16-5-1)32-27-29-35(30-28-32)49-40-25-13-12-23-39(40)42-37(24-14-26-41(42)49)36-21-10-11-22-38(36)45-47-43(33-17-6-2-7-18-33)46-44(48-45)34-19-8-3-9-20-34/h1-30H. The topological polar surface area (TPSA) is 43.6 Å². The Hall–Kier alpha value is -6.65. The van der Waals surface area contributed by atoms with Crippen molar-refractivity contribution in [1.82, 2.24) is 19.5 Å². The molecule has 49 heavy (non-hydrogen) atoms. The predicted octanol–water partition coefficient (Wildman–Crippen LogP) is 11.3. The van der Waals surface area contributed by atoms with Crippen LogP contribution in [0, 0.1) is 0 Å². The van der Waals surface area contributed by atoms with Crippen molar-refractivity contribution in [2.75, 3.05) is 0 Å². The van der Waals surface area contributed by atoms with Crippen LogP contribution in [0.5, 0.6) is 0 Å². The molecule has 0 aliphatic carbocycles. The minimum absolute atomic E-state index is 0.639. The number of fused-ring (bicyclic) bond motifs is 3. The molecular weight excluding hydrogens is 597 g/mol. The quantitative estimate of drug-likeness (QED) is 0.184. The molecule has 0 aliphatic heterocycles. The van der Waals surface area contributed by atoms with Crippen LogP contribution in [0.15, 0.2) is 182 Å². The molecule has 4 nitrogen and oxygen atoms in total. The highest BCUT2D eigenvalue weighted by Gasteiger charge is 2.20. The van der Waals surface area contributed by atoms with Gasteiger partial charge in [0.1, 0.15) is 0 Å². The number of hydrogen-bond donors (Lipinski definition) is 0. The molecule has 230 valence electrons. The average molecular weight is 627 g/mol. The van der Waals surface area contributed by atoms with Gasteiger partial charge in [-0.15, -0.1) is 0 Å². The largest absolute Gasteiger partial charge is 0.309 e. The molecule has 0 radical (unpaired) electrons. The smallest absolute Gasteiger partial charge is 0.164 e. The molecule has 9 rings (SSSR count). The van der Waals surface area contributed by atoms with E-state index < -0.39 is 0 Å². The van der Waals surface area contributed by atoms with E-state index in [4.69, 9.17) is 15.0 Å². The van der Waals surface area contributed by atoms with Gasteiger partial charge in [-0.2, -0.15) is 0 Å². The Kier molecular flexibility index (Phi) is 7.10. The normalized spacial score (nSPS) is 11.3. The lowest BCUT2D eigenvalue weighted by molar-refractivity contribution is 1.07. The van der Waals surface area contributed by atoms with Crippen LogP contribution in [0.4, 0.5) is 0 Å². The van der Waals surface area contributed by atoms with Crippen molar-refractivity contribution in [1.29, 1.82) is 0 Å². The second kappa shape index (κ2) is 12.2. The first-order valence-corrected chi connectivity index (χ1v) is 16.5. The lowest BCUT2D eigenvalue weighted by Gasteiger charge is -2.13. The molecule has 4 heteroatoms. The number of rotatable bonds is 6.